The van der Waals surface area contributed by atoms with E-state index in [9.17, 15) is 0 Å². The van der Waals surface area contributed by atoms with Gasteiger partial charge in [-0.3, -0.25) is 4.90 Å². The van der Waals surface area contributed by atoms with Crippen molar-refractivity contribution >= 4 is 0 Å². The van der Waals surface area contributed by atoms with E-state index in [1.165, 1.54) is 32.6 Å². The van der Waals surface area contributed by atoms with Crippen LogP contribution in [0.3, 0.4) is 0 Å². The summed E-state index contributed by atoms with van der Waals surface area (Å²) in [4.78, 5) is 2.64. The van der Waals surface area contributed by atoms with Crippen molar-refractivity contribution in [3.05, 3.63) is 0 Å². The summed E-state index contributed by atoms with van der Waals surface area (Å²) in [6.45, 7) is 9.68. The zero-order valence-electron chi connectivity index (χ0n) is 8.21. The molecule has 0 aromatic heterocycles. The number of piperazine rings is 1. The van der Waals surface area contributed by atoms with Gasteiger partial charge in [-0.15, -0.1) is 0 Å². The molecule has 70 valence electrons. The van der Waals surface area contributed by atoms with Crippen molar-refractivity contribution < 1.29 is 0 Å². The van der Waals surface area contributed by atoms with Crippen LogP contribution in [0.4, 0.5) is 0 Å². The molecule has 2 rings (SSSR count). The van der Waals surface area contributed by atoms with Gasteiger partial charge in [-0.25, -0.2) is 0 Å². The Bertz CT molecular complexity index is 158. The van der Waals surface area contributed by atoms with Crippen LogP contribution in [0.2, 0.25) is 0 Å². The van der Waals surface area contributed by atoms with Gasteiger partial charge in [0.25, 0.3) is 0 Å². The fourth-order valence-corrected chi connectivity index (χ4v) is 2.11. The number of hydrogen-bond acceptors (Lipinski definition) is 2. The monoisotopic (exact) mass is 168 g/mol. The minimum atomic E-state index is 0.756. The molecule has 1 N–H and O–H groups in total. The largest absolute Gasteiger partial charge is 0.314 e. The van der Waals surface area contributed by atoms with Crippen LogP contribution in [0.15, 0.2) is 0 Å². The zero-order valence-corrected chi connectivity index (χ0v) is 8.21. The van der Waals surface area contributed by atoms with Crippen LogP contribution in [-0.2, 0) is 0 Å². The van der Waals surface area contributed by atoms with Crippen molar-refractivity contribution in [3.8, 4) is 0 Å². The van der Waals surface area contributed by atoms with Gasteiger partial charge in [0.1, 0.15) is 0 Å². The Hall–Kier alpha value is -0.0800. The molecule has 0 spiro atoms. The SMILES string of the molecule is CC1CC1CN1CCNC[C@H]1C. The maximum atomic E-state index is 3.43. The Labute approximate surface area is 75.3 Å². The predicted octanol–water partition coefficient (Wildman–Crippen LogP) is 0.936. The summed E-state index contributed by atoms with van der Waals surface area (Å²) in [5.74, 6) is 2.03. The second-order valence-corrected chi connectivity index (χ2v) is 4.52. The zero-order chi connectivity index (χ0) is 8.55. The van der Waals surface area contributed by atoms with E-state index in [1.807, 2.05) is 0 Å². The molecule has 1 saturated heterocycles. The molecular formula is C10H20N2. The summed E-state index contributed by atoms with van der Waals surface area (Å²) < 4.78 is 0. The van der Waals surface area contributed by atoms with Gasteiger partial charge < -0.3 is 5.32 Å². The first-order valence-electron chi connectivity index (χ1n) is 5.22. The van der Waals surface area contributed by atoms with Crippen molar-refractivity contribution in [3.63, 3.8) is 0 Å². The molecule has 0 amide bonds. The number of hydrogen-bond donors (Lipinski definition) is 1. The van der Waals surface area contributed by atoms with E-state index in [0.29, 0.717) is 0 Å². The average molecular weight is 168 g/mol. The molecule has 0 aromatic rings. The quantitative estimate of drug-likeness (QED) is 0.660. The molecular weight excluding hydrogens is 148 g/mol. The highest BCUT2D eigenvalue weighted by molar-refractivity contribution is 4.88. The lowest BCUT2D eigenvalue weighted by molar-refractivity contribution is 0.164. The van der Waals surface area contributed by atoms with Gasteiger partial charge in [-0.1, -0.05) is 6.92 Å². The lowest BCUT2D eigenvalue weighted by atomic mass is 10.2. The van der Waals surface area contributed by atoms with Gasteiger partial charge in [-0.05, 0) is 25.2 Å². The second kappa shape index (κ2) is 3.35. The van der Waals surface area contributed by atoms with E-state index in [-0.39, 0.29) is 0 Å². The number of rotatable bonds is 2. The minimum Gasteiger partial charge on any atom is -0.314 e. The van der Waals surface area contributed by atoms with Crippen LogP contribution in [-0.4, -0.2) is 37.1 Å². The summed E-state index contributed by atoms with van der Waals surface area (Å²) in [5.41, 5.74) is 0. The van der Waals surface area contributed by atoms with Crippen LogP contribution in [0.5, 0.6) is 0 Å². The van der Waals surface area contributed by atoms with E-state index >= 15 is 0 Å². The molecule has 0 radical (unpaired) electrons. The maximum absolute atomic E-state index is 3.43. The van der Waals surface area contributed by atoms with Gasteiger partial charge >= 0.3 is 0 Å². The van der Waals surface area contributed by atoms with Crippen molar-refractivity contribution in [1.82, 2.24) is 10.2 Å². The molecule has 2 fully saturated rings. The Morgan fingerprint density at radius 2 is 2.17 bits per heavy atom. The third-order valence-corrected chi connectivity index (χ3v) is 3.38. The van der Waals surface area contributed by atoms with E-state index < -0.39 is 0 Å². The summed E-state index contributed by atoms with van der Waals surface area (Å²) in [5, 5.41) is 3.43. The third kappa shape index (κ3) is 1.80. The van der Waals surface area contributed by atoms with E-state index in [1.54, 1.807) is 0 Å². The summed E-state index contributed by atoms with van der Waals surface area (Å²) >= 11 is 0. The Morgan fingerprint density at radius 3 is 2.75 bits per heavy atom. The standard InChI is InChI=1S/C10H20N2/c1-8-5-10(8)7-12-4-3-11-6-9(12)2/h8-11H,3-7H2,1-2H3/t8?,9-,10?/m1/s1. The topological polar surface area (TPSA) is 15.3 Å². The van der Waals surface area contributed by atoms with E-state index in [0.717, 1.165) is 17.9 Å². The Kier molecular flexibility index (Phi) is 2.37. The summed E-state index contributed by atoms with van der Waals surface area (Å²) in [7, 11) is 0. The van der Waals surface area contributed by atoms with Gasteiger partial charge in [0, 0.05) is 32.2 Å². The fourth-order valence-electron chi connectivity index (χ4n) is 2.11. The molecule has 1 aliphatic carbocycles. The molecule has 0 bridgehead atoms. The fraction of sp³-hybridized carbons (Fsp3) is 1.00. The van der Waals surface area contributed by atoms with Gasteiger partial charge in [-0.2, -0.15) is 0 Å². The molecule has 0 aromatic carbocycles. The normalized spacial score (nSPS) is 43.0. The van der Waals surface area contributed by atoms with Gasteiger partial charge in [0.05, 0.1) is 0 Å². The van der Waals surface area contributed by atoms with Gasteiger partial charge in [0.15, 0.2) is 0 Å². The molecule has 2 unspecified atom stereocenters. The first kappa shape index (κ1) is 8.52. The molecule has 2 nitrogen and oxygen atoms in total. The average Bonchev–Trinajstić information content (AvgIpc) is 2.72. The van der Waals surface area contributed by atoms with Gasteiger partial charge in [0.2, 0.25) is 0 Å². The molecule has 2 aliphatic rings. The third-order valence-electron chi connectivity index (χ3n) is 3.38. The highest BCUT2D eigenvalue weighted by Crippen LogP contribution is 2.38. The van der Waals surface area contributed by atoms with E-state index in [4.69, 9.17) is 0 Å². The van der Waals surface area contributed by atoms with Crippen LogP contribution >= 0.6 is 0 Å². The Morgan fingerprint density at radius 1 is 1.42 bits per heavy atom. The van der Waals surface area contributed by atoms with Crippen molar-refractivity contribution in [2.45, 2.75) is 26.3 Å². The highest BCUT2D eigenvalue weighted by Gasteiger charge is 2.35. The molecule has 1 saturated carbocycles. The van der Waals surface area contributed by atoms with Crippen molar-refractivity contribution in [2.75, 3.05) is 26.2 Å². The number of nitrogens with zero attached hydrogens (tertiary/aromatic N) is 1. The molecule has 1 aliphatic heterocycles. The van der Waals surface area contributed by atoms with E-state index in [2.05, 4.69) is 24.1 Å². The Balaban J connectivity index is 1.77. The second-order valence-electron chi connectivity index (χ2n) is 4.52. The number of nitrogens with one attached hydrogen (secondary N) is 1. The first-order chi connectivity index (χ1) is 5.77. The summed E-state index contributed by atoms with van der Waals surface area (Å²) in [6.07, 6.45) is 1.47. The molecule has 2 heteroatoms. The summed E-state index contributed by atoms with van der Waals surface area (Å²) in [6, 6.07) is 0.756. The predicted molar refractivity (Wildman–Crippen MR) is 51.2 cm³/mol. The van der Waals surface area contributed by atoms with Crippen LogP contribution in [0.1, 0.15) is 20.3 Å². The molecule has 1 heterocycles. The van der Waals surface area contributed by atoms with Crippen molar-refractivity contribution in [2.24, 2.45) is 11.8 Å². The molecule has 3 atom stereocenters. The first-order valence-corrected chi connectivity index (χ1v) is 5.22. The van der Waals surface area contributed by atoms with Crippen LogP contribution in [0, 0.1) is 11.8 Å². The van der Waals surface area contributed by atoms with Crippen molar-refractivity contribution in [1.29, 1.82) is 0 Å². The molecule has 12 heavy (non-hydrogen) atoms. The lowest BCUT2D eigenvalue weighted by Crippen LogP contribution is -2.50. The maximum Gasteiger partial charge on any atom is 0.0193 e. The smallest absolute Gasteiger partial charge is 0.0193 e. The van der Waals surface area contributed by atoms with Crippen LogP contribution in [0.25, 0.3) is 0 Å². The van der Waals surface area contributed by atoms with Crippen LogP contribution < -0.4 is 5.32 Å². The highest BCUT2D eigenvalue weighted by atomic mass is 15.2. The minimum absolute atomic E-state index is 0.756. The lowest BCUT2D eigenvalue weighted by Gasteiger charge is -2.34.